The van der Waals surface area contributed by atoms with Gasteiger partial charge in [0.25, 0.3) is 0 Å². The fourth-order valence-electron chi connectivity index (χ4n) is 2.29. The molecule has 0 aliphatic heterocycles. The molecule has 27 heavy (non-hydrogen) atoms. The Kier molecular flexibility index (Phi) is 11.8. The molecule has 0 aromatic heterocycles. The molecule has 0 aliphatic carbocycles. The summed E-state index contributed by atoms with van der Waals surface area (Å²) in [5.74, 6) is 2.20. The first-order valence-corrected chi connectivity index (χ1v) is 8.75. The number of ether oxygens (including phenoxy) is 2. The first-order chi connectivity index (χ1) is 12.2. The van der Waals surface area contributed by atoms with E-state index in [9.17, 15) is 4.79 Å². The lowest BCUT2D eigenvalue weighted by molar-refractivity contribution is -0.122. The van der Waals surface area contributed by atoms with E-state index in [4.69, 9.17) is 9.47 Å². The number of carbonyl (C=O) groups excluding carboxylic acids is 1. The zero-order valence-corrected chi connectivity index (χ0v) is 19.5. The predicted octanol–water partition coefficient (Wildman–Crippen LogP) is 2.50. The summed E-state index contributed by atoms with van der Waals surface area (Å²) >= 11 is 0. The quantitative estimate of drug-likeness (QED) is 0.253. The Labute approximate surface area is 179 Å². The summed E-state index contributed by atoms with van der Waals surface area (Å²) in [6.07, 6.45) is 0.804. The van der Waals surface area contributed by atoms with Crippen LogP contribution in [0, 0.1) is 0 Å². The predicted molar refractivity (Wildman–Crippen MR) is 120 cm³/mol. The number of nitrogens with zero attached hydrogens (tertiary/aromatic N) is 2. The van der Waals surface area contributed by atoms with Crippen LogP contribution in [0.2, 0.25) is 0 Å². The number of carbonyl (C=O) groups is 1. The summed E-state index contributed by atoms with van der Waals surface area (Å²) in [4.78, 5) is 18.0. The number of halogens is 1. The summed E-state index contributed by atoms with van der Waals surface area (Å²) in [6, 6.07) is 7.53. The number of benzene rings is 1. The number of rotatable bonds is 8. The molecule has 1 rings (SSSR count). The third kappa shape index (κ3) is 10.9. The van der Waals surface area contributed by atoms with E-state index in [1.807, 2.05) is 52.1 Å². The van der Waals surface area contributed by atoms with Crippen molar-refractivity contribution in [3.05, 3.63) is 24.3 Å². The van der Waals surface area contributed by atoms with Crippen LogP contribution in [-0.4, -0.2) is 63.2 Å². The average molecular weight is 492 g/mol. The van der Waals surface area contributed by atoms with Gasteiger partial charge in [-0.25, -0.2) is 0 Å². The van der Waals surface area contributed by atoms with Crippen molar-refractivity contribution in [3.63, 3.8) is 0 Å². The molecule has 0 spiro atoms. The van der Waals surface area contributed by atoms with Gasteiger partial charge in [-0.3, -0.25) is 9.79 Å². The normalized spacial score (nSPS) is 11.3. The Morgan fingerprint density at radius 3 is 2.52 bits per heavy atom. The van der Waals surface area contributed by atoms with Gasteiger partial charge in [-0.15, -0.1) is 24.0 Å². The zero-order chi connectivity index (χ0) is 19.6. The number of likely N-dealkylation sites (N-methyl/N-ethyl adjacent to an activating group) is 1. The standard InChI is InChI=1S/C19H32N4O3.HI/c1-19(2,3)22-17(24)14-23(5)18(20-4)21-11-8-12-26-16-10-7-9-15(13-16)25-6;/h7,9-10,13H,8,11-12,14H2,1-6H3,(H,20,21)(H,22,24);1H. The Balaban J connectivity index is 0.00000676. The van der Waals surface area contributed by atoms with E-state index in [1.54, 1.807) is 19.1 Å². The summed E-state index contributed by atoms with van der Waals surface area (Å²) in [6.45, 7) is 7.39. The van der Waals surface area contributed by atoms with Crippen LogP contribution in [0.3, 0.4) is 0 Å². The number of hydrogen-bond acceptors (Lipinski definition) is 4. The van der Waals surface area contributed by atoms with Crippen molar-refractivity contribution in [1.82, 2.24) is 15.5 Å². The molecule has 0 fully saturated rings. The highest BCUT2D eigenvalue weighted by Crippen LogP contribution is 2.18. The van der Waals surface area contributed by atoms with Crippen molar-refractivity contribution in [1.29, 1.82) is 0 Å². The Bertz CT molecular complexity index is 603. The highest BCUT2D eigenvalue weighted by molar-refractivity contribution is 14.0. The molecule has 0 saturated carbocycles. The van der Waals surface area contributed by atoms with Gasteiger partial charge in [0, 0.05) is 32.2 Å². The maximum atomic E-state index is 12.0. The molecule has 0 heterocycles. The van der Waals surface area contributed by atoms with Crippen LogP contribution in [-0.2, 0) is 4.79 Å². The fourth-order valence-corrected chi connectivity index (χ4v) is 2.29. The van der Waals surface area contributed by atoms with Gasteiger partial charge in [0.1, 0.15) is 11.5 Å². The molecule has 2 N–H and O–H groups in total. The Morgan fingerprint density at radius 1 is 1.26 bits per heavy atom. The van der Waals surface area contributed by atoms with Crippen LogP contribution in [0.15, 0.2) is 29.3 Å². The number of hydrogen-bond donors (Lipinski definition) is 2. The largest absolute Gasteiger partial charge is 0.497 e. The molecule has 154 valence electrons. The van der Waals surface area contributed by atoms with E-state index in [0.717, 1.165) is 17.9 Å². The lowest BCUT2D eigenvalue weighted by Crippen LogP contribution is -2.48. The molecule has 0 bridgehead atoms. The van der Waals surface area contributed by atoms with E-state index in [-0.39, 0.29) is 42.0 Å². The van der Waals surface area contributed by atoms with Crippen molar-refractivity contribution in [2.24, 2.45) is 4.99 Å². The topological polar surface area (TPSA) is 75.2 Å². The first-order valence-electron chi connectivity index (χ1n) is 8.75. The van der Waals surface area contributed by atoms with Crippen LogP contribution < -0.4 is 20.1 Å². The summed E-state index contributed by atoms with van der Waals surface area (Å²) in [5.41, 5.74) is -0.244. The van der Waals surface area contributed by atoms with Gasteiger partial charge in [-0.05, 0) is 39.3 Å². The maximum Gasteiger partial charge on any atom is 0.240 e. The molecule has 0 saturated heterocycles. The van der Waals surface area contributed by atoms with Crippen molar-refractivity contribution in [3.8, 4) is 11.5 Å². The first kappa shape index (κ1) is 25.3. The number of nitrogens with one attached hydrogen (secondary N) is 2. The van der Waals surface area contributed by atoms with Crippen LogP contribution in [0.4, 0.5) is 0 Å². The smallest absolute Gasteiger partial charge is 0.240 e. The van der Waals surface area contributed by atoms with Gasteiger partial charge < -0.3 is 25.0 Å². The van der Waals surface area contributed by atoms with Crippen molar-refractivity contribution >= 4 is 35.8 Å². The Hall–Kier alpha value is -1.71. The van der Waals surface area contributed by atoms with Gasteiger partial charge in [0.2, 0.25) is 5.91 Å². The molecule has 0 unspecified atom stereocenters. The van der Waals surface area contributed by atoms with Gasteiger partial charge >= 0.3 is 0 Å². The third-order valence-electron chi connectivity index (χ3n) is 3.38. The van der Waals surface area contributed by atoms with E-state index in [0.29, 0.717) is 19.1 Å². The summed E-state index contributed by atoms with van der Waals surface area (Å²) < 4.78 is 10.9. The number of guanidine groups is 1. The highest BCUT2D eigenvalue weighted by atomic mass is 127. The SMILES string of the molecule is CN=C(NCCCOc1cccc(OC)c1)N(C)CC(=O)NC(C)(C)C.I. The molecule has 8 heteroatoms. The monoisotopic (exact) mass is 492 g/mol. The molecular formula is C19H33IN4O3. The van der Waals surface area contributed by atoms with Gasteiger partial charge in [-0.2, -0.15) is 0 Å². The van der Waals surface area contributed by atoms with E-state index >= 15 is 0 Å². The van der Waals surface area contributed by atoms with Gasteiger partial charge in [-0.1, -0.05) is 6.07 Å². The minimum atomic E-state index is -0.244. The summed E-state index contributed by atoms with van der Waals surface area (Å²) in [7, 11) is 5.17. The van der Waals surface area contributed by atoms with Gasteiger partial charge in [0.15, 0.2) is 5.96 Å². The van der Waals surface area contributed by atoms with Gasteiger partial charge in [0.05, 0.1) is 20.3 Å². The fraction of sp³-hybridized carbons (Fsp3) is 0.579. The average Bonchev–Trinajstić information content (AvgIpc) is 2.56. The Morgan fingerprint density at radius 2 is 1.93 bits per heavy atom. The van der Waals surface area contributed by atoms with E-state index in [1.165, 1.54) is 0 Å². The molecule has 0 atom stereocenters. The van der Waals surface area contributed by atoms with E-state index in [2.05, 4.69) is 15.6 Å². The lowest BCUT2D eigenvalue weighted by atomic mass is 10.1. The minimum Gasteiger partial charge on any atom is -0.497 e. The second-order valence-electron chi connectivity index (χ2n) is 7.01. The summed E-state index contributed by atoms with van der Waals surface area (Å²) in [5, 5.41) is 6.18. The molecule has 0 aliphatic rings. The molecule has 7 nitrogen and oxygen atoms in total. The van der Waals surface area contributed by atoms with Crippen LogP contribution >= 0.6 is 24.0 Å². The molecule has 1 amide bonds. The van der Waals surface area contributed by atoms with Crippen LogP contribution in [0.5, 0.6) is 11.5 Å². The van der Waals surface area contributed by atoms with Crippen molar-refractivity contribution < 1.29 is 14.3 Å². The van der Waals surface area contributed by atoms with Crippen molar-refractivity contribution in [2.75, 3.05) is 40.9 Å². The second kappa shape index (κ2) is 12.6. The number of amides is 1. The lowest BCUT2D eigenvalue weighted by Gasteiger charge is -2.25. The second-order valence-corrected chi connectivity index (χ2v) is 7.01. The highest BCUT2D eigenvalue weighted by Gasteiger charge is 2.16. The third-order valence-corrected chi connectivity index (χ3v) is 3.38. The molecule has 0 radical (unpaired) electrons. The number of aliphatic imine (C=N–C) groups is 1. The van der Waals surface area contributed by atoms with Crippen LogP contribution in [0.1, 0.15) is 27.2 Å². The van der Waals surface area contributed by atoms with E-state index < -0.39 is 0 Å². The van der Waals surface area contributed by atoms with Crippen molar-refractivity contribution in [2.45, 2.75) is 32.7 Å². The maximum absolute atomic E-state index is 12.0. The number of methoxy groups -OCH3 is 1. The minimum absolute atomic E-state index is 0. The zero-order valence-electron chi connectivity index (χ0n) is 17.2. The van der Waals surface area contributed by atoms with Crippen LogP contribution in [0.25, 0.3) is 0 Å². The molecule has 1 aromatic carbocycles. The molecule has 1 aromatic rings. The molecular weight excluding hydrogens is 459 g/mol.